The van der Waals surface area contributed by atoms with E-state index in [0.29, 0.717) is 17.2 Å². The van der Waals surface area contributed by atoms with Crippen molar-refractivity contribution in [3.63, 3.8) is 0 Å². The number of anilines is 3. The quantitative estimate of drug-likeness (QED) is 0.682. The summed E-state index contributed by atoms with van der Waals surface area (Å²) in [5.74, 6) is 0.467. The Balaban J connectivity index is 1.84. The van der Waals surface area contributed by atoms with E-state index in [9.17, 15) is 9.18 Å². The summed E-state index contributed by atoms with van der Waals surface area (Å²) < 4.78 is 24.3. The number of methoxy groups -OCH3 is 2. The number of halogens is 1. The molecule has 2 aromatic carbocycles. The van der Waals surface area contributed by atoms with Crippen molar-refractivity contribution in [2.24, 2.45) is 0 Å². The molecule has 6 nitrogen and oxygen atoms in total. The van der Waals surface area contributed by atoms with Crippen LogP contribution in [-0.4, -0.2) is 25.1 Å². The topological polar surface area (TPSA) is 72.5 Å². The molecule has 27 heavy (non-hydrogen) atoms. The van der Waals surface area contributed by atoms with Crippen LogP contribution >= 0.6 is 0 Å². The predicted octanol–water partition coefficient (Wildman–Crippen LogP) is 4.23. The monoisotopic (exact) mass is 367 g/mol. The van der Waals surface area contributed by atoms with Crippen LogP contribution in [0.15, 0.2) is 60.8 Å². The van der Waals surface area contributed by atoms with Crippen LogP contribution in [0.25, 0.3) is 0 Å². The fourth-order valence-electron chi connectivity index (χ4n) is 2.49. The van der Waals surface area contributed by atoms with E-state index in [0.717, 1.165) is 0 Å². The lowest BCUT2D eigenvalue weighted by Crippen LogP contribution is -2.15. The number of nitrogens with zero attached hydrogens (tertiary/aromatic N) is 1. The van der Waals surface area contributed by atoms with E-state index in [1.807, 2.05) is 0 Å². The van der Waals surface area contributed by atoms with Gasteiger partial charge in [0.15, 0.2) is 11.5 Å². The minimum atomic E-state index is -0.436. The van der Waals surface area contributed by atoms with Gasteiger partial charge < -0.3 is 20.1 Å². The Morgan fingerprint density at radius 3 is 2.52 bits per heavy atom. The van der Waals surface area contributed by atoms with Crippen molar-refractivity contribution in [2.45, 2.75) is 0 Å². The summed E-state index contributed by atoms with van der Waals surface area (Å²) in [6.07, 6.45) is 1.52. The van der Waals surface area contributed by atoms with E-state index in [-0.39, 0.29) is 17.1 Å². The number of amides is 1. The summed E-state index contributed by atoms with van der Waals surface area (Å²) >= 11 is 0. The lowest BCUT2D eigenvalue weighted by Gasteiger charge is -2.13. The zero-order valence-corrected chi connectivity index (χ0v) is 14.8. The molecule has 1 aromatic heterocycles. The molecule has 138 valence electrons. The van der Waals surface area contributed by atoms with Crippen LogP contribution in [0.5, 0.6) is 11.5 Å². The van der Waals surface area contributed by atoms with Crippen LogP contribution in [0.3, 0.4) is 0 Å². The average molecular weight is 367 g/mol. The number of ether oxygens (including phenoxy) is 2. The Morgan fingerprint density at radius 1 is 1.00 bits per heavy atom. The highest BCUT2D eigenvalue weighted by atomic mass is 19.1. The van der Waals surface area contributed by atoms with E-state index >= 15 is 0 Å². The smallest absolute Gasteiger partial charge is 0.259 e. The highest BCUT2D eigenvalue weighted by Crippen LogP contribution is 2.30. The van der Waals surface area contributed by atoms with Crippen LogP contribution in [-0.2, 0) is 0 Å². The third-order valence-electron chi connectivity index (χ3n) is 3.82. The van der Waals surface area contributed by atoms with Gasteiger partial charge in [0.1, 0.15) is 11.6 Å². The number of rotatable bonds is 6. The molecule has 0 atom stereocenters. The van der Waals surface area contributed by atoms with Gasteiger partial charge >= 0.3 is 0 Å². The number of pyridine rings is 1. The summed E-state index contributed by atoms with van der Waals surface area (Å²) in [6, 6.07) is 14.4. The molecule has 3 aromatic rings. The van der Waals surface area contributed by atoms with Crippen LogP contribution < -0.4 is 20.1 Å². The molecule has 0 spiro atoms. The molecule has 7 heteroatoms. The van der Waals surface area contributed by atoms with E-state index in [2.05, 4.69) is 15.6 Å². The van der Waals surface area contributed by atoms with Gasteiger partial charge in [-0.15, -0.1) is 0 Å². The summed E-state index contributed by atoms with van der Waals surface area (Å²) in [5.41, 5.74) is 1.03. The van der Waals surface area contributed by atoms with Crippen molar-refractivity contribution < 1.29 is 18.7 Å². The number of para-hydroxylation sites is 1. The third-order valence-corrected chi connectivity index (χ3v) is 3.82. The van der Waals surface area contributed by atoms with Gasteiger partial charge in [-0.2, -0.15) is 0 Å². The lowest BCUT2D eigenvalue weighted by atomic mass is 10.2. The first kappa shape index (κ1) is 18.2. The number of hydrogen-bond acceptors (Lipinski definition) is 5. The Kier molecular flexibility index (Phi) is 5.51. The first-order chi connectivity index (χ1) is 13.1. The molecule has 0 saturated heterocycles. The van der Waals surface area contributed by atoms with Gasteiger partial charge in [0.2, 0.25) is 0 Å². The maximum Gasteiger partial charge on any atom is 0.259 e. The van der Waals surface area contributed by atoms with Crippen LogP contribution in [0.2, 0.25) is 0 Å². The fourth-order valence-corrected chi connectivity index (χ4v) is 2.49. The Bertz CT molecular complexity index is 963. The van der Waals surface area contributed by atoms with Crippen molar-refractivity contribution in [3.05, 3.63) is 72.2 Å². The van der Waals surface area contributed by atoms with E-state index in [1.165, 1.54) is 26.5 Å². The Labute approximate surface area is 156 Å². The Morgan fingerprint density at radius 2 is 1.78 bits per heavy atom. The second-order valence-electron chi connectivity index (χ2n) is 5.53. The van der Waals surface area contributed by atoms with E-state index in [1.54, 1.807) is 48.5 Å². The highest BCUT2D eigenvalue weighted by Gasteiger charge is 2.15. The van der Waals surface area contributed by atoms with Gasteiger partial charge in [-0.1, -0.05) is 12.1 Å². The molecule has 2 N–H and O–H groups in total. The van der Waals surface area contributed by atoms with Gasteiger partial charge in [-0.05, 0) is 36.4 Å². The van der Waals surface area contributed by atoms with Gasteiger partial charge in [0, 0.05) is 18.0 Å². The molecule has 0 aliphatic carbocycles. The molecule has 1 heterocycles. The highest BCUT2D eigenvalue weighted by molar-refractivity contribution is 6.07. The third kappa shape index (κ3) is 4.14. The van der Waals surface area contributed by atoms with Crippen LogP contribution in [0.1, 0.15) is 10.4 Å². The van der Waals surface area contributed by atoms with Crippen molar-refractivity contribution in [1.82, 2.24) is 4.98 Å². The maximum atomic E-state index is 13.9. The molecule has 0 fully saturated rings. The largest absolute Gasteiger partial charge is 0.493 e. The van der Waals surface area contributed by atoms with Crippen molar-refractivity contribution in [1.29, 1.82) is 0 Å². The zero-order chi connectivity index (χ0) is 19.2. The van der Waals surface area contributed by atoms with Gasteiger partial charge in [-0.3, -0.25) is 4.79 Å². The molecule has 0 radical (unpaired) electrons. The second-order valence-corrected chi connectivity index (χ2v) is 5.53. The molecule has 0 aliphatic heterocycles. The SMILES string of the molecule is COc1ccc(NC(=O)c2cccnc2Nc2ccccc2F)cc1OC. The summed E-state index contributed by atoms with van der Waals surface area (Å²) in [4.78, 5) is 16.9. The minimum Gasteiger partial charge on any atom is -0.493 e. The second kappa shape index (κ2) is 8.18. The van der Waals surface area contributed by atoms with Gasteiger partial charge in [-0.25, -0.2) is 9.37 Å². The fraction of sp³-hybridized carbons (Fsp3) is 0.100. The standard InChI is InChI=1S/C20H18FN3O3/c1-26-17-10-9-13(12-18(17)27-2)23-20(25)14-6-5-11-22-19(14)24-16-8-4-3-7-15(16)21/h3-12H,1-2H3,(H,22,24)(H,23,25). The van der Waals surface area contributed by atoms with E-state index < -0.39 is 11.7 Å². The molecule has 3 rings (SSSR count). The molecule has 0 unspecified atom stereocenters. The van der Waals surface area contributed by atoms with Gasteiger partial charge in [0.25, 0.3) is 5.91 Å². The van der Waals surface area contributed by atoms with Crippen molar-refractivity contribution in [3.8, 4) is 11.5 Å². The summed E-state index contributed by atoms with van der Waals surface area (Å²) in [7, 11) is 3.05. The van der Waals surface area contributed by atoms with E-state index in [4.69, 9.17) is 9.47 Å². The van der Waals surface area contributed by atoms with Gasteiger partial charge in [0.05, 0.1) is 25.5 Å². The summed E-state index contributed by atoms with van der Waals surface area (Å²) in [5, 5.41) is 5.63. The lowest BCUT2D eigenvalue weighted by molar-refractivity contribution is 0.102. The molecule has 0 aliphatic rings. The molecular weight excluding hydrogens is 349 g/mol. The zero-order valence-electron chi connectivity index (χ0n) is 14.8. The molecular formula is C20H18FN3O3. The molecule has 0 bridgehead atoms. The molecule has 1 amide bonds. The van der Waals surface area contributed by atoms with Crippen molar-refractivity contribution in [2.75, 3.05) is 24.9 Å². The number of benzene rings is 2. The average Bonchev–Trinajstić information content (AvgIpc) is 2.70. The number of carbonyl (C=O) groups is 1. The van der Waals surface area contributed by atoms with Crippen molar-refractivity contribution >= 4 is 23.1 Å². The number of nitrogens with one attached hydrogen (secondary N) is 2. The maximum absolute atomic E-state index is 13.9. The number of carbonyl (C=O) groups excluding carboxylic acids is 1. The number of hydrogen-bond donors (Lipinski definition) is 2. The van der Waals surface area contributed by atoms with Crippen LogP contribution in [0, 0.1) is 5.82 Å². The number of aromatic nitrogens is 1. The van der Waals surface area contributed by atoms with Crippen LogP contribution in [0.4, 0.5) is 21.6 Å². The predicted molar refractivity (Wildman–Crippen MR) is 101 cm³/mol. The first-order valence-electron chi connectivity index (χ1n) is 8.12. The normalized spacial score (nSPS) is 10.2. The molecule has 0 saturated carbocycles. The first-order valence-corrected chi connectivity index (χ1v) is 8.12. The Hall–Kier alpha value is -3.61. The summed E-state index contributed by atoms with van der Waals surface area (Å²) in [6.45, 7) is 0. The minimum absolute atomic E-state index is 0.233.